The molecule has 1 N–H and O–H groups in total. The number of nitrogens with one attached hydrogen (secondary N) is 1. The molecule has 0 atom stereocenters. The number of thioether (sulfide) groups is 1. The fourth-order valence-electron chi connectivity index (χ4n) is 0.871. The van der Waals surface area contributed by atoms with E-state index < -0.39 is 5.51 Å². The van der Waals surface area contributed by atoms with Crippen molar-refractivity contribution in [1.29, 1.82) is 0 Å². The van der Waals surface area contributed by atoms with Crippen LogP contribution in [0.25, 0.3) is 0 Å². The van der Waals surface area contributed by atoms with Crippen molar-refractivity contribution in [2.45, 2.75) is 5.51 Å². The molecule has 84 valence electrons. The smallest absolute Gasteiger partial charge is 0.383 e. The van der Waals surface area contributed by atoms with E-state index in [1.54, 1.807) is 6.07 Å². The fraction of sp³-hybridized carbons (Fsp3) is 0.375. The van der Waals surface area contributed by atoms with Crippen LogP contribution in [-0.2, 0) is 0 Å². The summed E-state index contributed by atoms with van der Waals surface area (Å²) in [5, 5.41) is 3.19. The molecule has 0 amide bonds. The number of anilines is 1. The van der Waals surface area contributed by atoms with E-state index in [4.69, 9.17) is 11.6 Å². The molecule has 0 fully saturated rings. The molecule has 0 radical (unpaired) electrons. The molecule has 15 heavy (non-hydrogen) atoms. The summed E-state index contributed by atoms with van der Waals surface area (Å²) in [6, 6.07) is 1.61. The van der Waals surface area contributed by atoms with Gasteiger partial charge in [0.1, 0.15) is 0 Å². The van der Waals surface area contributed by atoms with Gasteiger partial charge in [-0.3, -0.25) is 4.98 Å². The minimum atomic E-state index is -4.18. The highest BCUT2D eigenvalue weighted by molar-refractivity contribution is 8.00. The summed E-state index contributed by atoms with van der Waals surface area (Å²) >= 11 is 5.68. The van der Waals surface area contributed by atoms with Crippen LogP contribution in [0.5, 0.6) is 0 Å². The average molecular weight is 257 g/mol. The van der Waals surface area contributed by atoms with Crippen LogP contribution in [0, 0.1) is 0 Å². The lowest BCUT2D eigenvalue weighted by Gasteiger charge is -2.08. The summed E-state index contributed by atoms with van der Waals surface area (Å²) in [6.45, 7) is 0.202. The molecular formula is C8H8ClF3N2S. The molecule has 1 heterocycles. The van der Waals surface area contributed by atoms with Crippen LogP contribution in [0.2, 0.25) is 5.02 Å². The zero-order valence-electron chi connectivity index (χ0n) is 7.51. The van der Waals surface area contributed by atoms with Crippen LogP contribution in [0.3, 0.4) is 0 Å². The minimum Gasteiger partial charge on any atom is -0.383 e. The number of halogens is 4. The Morgan fingerprint density at radius 3 is 2.80 bits per heavy atom. The standard InChI is InChI=1S/C8H8ClF3N2S/c9-6-5-13-2-1-7(6)14-3-4-15-8(10,11)12/h1-2,5H,3-4H2,(H,13,14). The van der Waals surface area contributed by atoms with Gasteiger partial charge < -0.3 is 5.32 Å². The lowest BCUT2D eigenvalue weighted by Crippen LogP contribution is -2.09. The molecule has 0 unspecified atom stereocenters. The Labute approximate surface area is 94.2 Å². The highest BCUT2D eigenvalue weighted by atomic mass is 35.5. The molecule has 0 aromatic carbocycles. The van der Waals surface area contributed by atoms with Crippen molar-refractivity contribution in [3.05, 3.63) is 23.5 Å². The highest BCUT2D eigenvalue weighted by Gasteiger charge is 2.27. The van der Waals surface area contributed by atoms with Gasteiger partial charge in [0, 0.05) is 24.7 Å². The van der Waals surface area contributed by atoms with Crippen LogP contribution in [0.1, 0.15) is 0 Å². The Bertz CT molecular complexity index is 319. The van der Waals surface area contributed by atoms with E-state index in [0.717, 1.165) is 0 Å². The van der Waals surface area contributed by atoms with Crippen LogP contribution in [0.15, 0.2) is 18.5 Å². The van der Waals surface area contributed by atoms with Gasteiger partial charge in [-0.2, -0.15) is 13.2 Å². The fourth-order valence-corrected chi connectivity index (χ4v) is 1.49. The van der Waals surface area contributed by atoms with Crippen molar-refractivity contribution in [1.82, 2.24) is 4.98 Å². The van der Waals surface area contributed by atoms with E-state index in [-0.39, 0.29) is 24.1 Å². The first-order valence-electron chi connectivity index (χ1n) is 4.03. The number of alkyl halides is 3. The molecule has 1 aromatic rings. The van der Waals surface area contributed by atoms with E-state index in [9.17, 15) is 13.2 Å². The summed E-state index contributed by atoms with van der Waals surface area (Å²) in [4.78, 5) is 3.76. The Hall–Kier alpha value is -0.620. The average Bonchev–Trinajstić information content (AvgIpc) is 2.13. The zero-order valence-corrected chi connectivity index (χ0v) is 9.09. The predicted molar refractivity (Wildman–Crippen MR) is 56.2 cm³/mol. The second-order valence-electron chi connectivity index (χ2n) is 2.58. The third-order valence-corrected chi connectivity index (χ3v) is 2.49. The van der Waals surface area contributed by atoms with Gasteiger partial charge in [-0.15, -0.1) is 0 Å². The van der Waals surface area contributed by atoms with Gasteiger partial charge >= 0.3 is 5.51 Å². The molecule has 0 spiro atoms. The molecule has 0 saturated heterocycles. The normalized spacial score (nSPS) is 11.5. The third kappa shape index (κ3) is 5.13. The molecule has 0 aliphatic heterocycles. The monoisotopic (exact) mass is 256 g/mol. The van der Waals surface area contributed by atoms with Crippen molar-refractivity contribution < 1.29 is 13.2 Å². The number of aromatic nitrogens is 1. The van der Waals surface area contributed by atoms with E-state index in [0.29, 0.717) is 10.7 Å². The van der Waals surface area contributed by atoms with Gasteiger partial charge in [0.05, 0.1) is 10.7 Å². The van der Waals surface area contributed by atoms with Crippen molar-refractivity contribution in [3.8, 4) is 0 Å². The summed E-state index contributed by atoms with van der Waals surface area (Å²) in [5.41, 5.74) is -3.58. The molecule has 1 aromatic heterocycles. The maximum Gasteiger partial charge on any atom is 0.441 e. The van der Waals surface area contributed by atoms with Crippen molar-refractivity contribution in [2.75, 3.05) is 17.6 Å². The second kappa shape index (κ2) is 5.46. The number of pyridine rings is 1. The van der Waals surface area contributed by atoms with Gasteiger partial charge in [-0.05, 0) is 17.8 Å². The molecule has 1 rings (SSSR count). The number of hydrogen-bond donors (Lipinski definition) is 1. The van der Waals surface area contributed by atoms with Crippen LogP contribution < -0.4 is 5.32 Å². The summed E-state index contributed by atoms with van der Waals surface area (Å²) in [6.07, 6.45) is 2.95. The summed E-state index contributed by atoms with van der Waals surface area (Å²) < 4.78 is 35.3. The lowest BCUT2D eigenvalue weighted by atomic mass is 10.4. The Kier molecular flexibility index (Phi) is 4.53. The number of nitrogens with zero attached hydrogens (tertiary/aromatic N) is 1. The molecule has 0 aliphatic rings. The van der Waals surface area contributed by atoms with Gasteiger partial charge in [0.25, 0.3) is 0 Å². The maximum absolute atomic E-state index is 11.8. The SMILES string of the molecule is FC(F)(F)SCCNc1ccncc1Cl. The first-order chi connectivity index (χ1) is 6.99. The zero-order chi connectivity index (χ0) is 11.3. The van der Waals surface area contributed by atoms with Crippen molar-refractivity contribution >= 4 is 29.1 Å². The first-order valence-corrected chi connectivity index (χ1v) is 5.39. The largest absolute Gasteiger partial charge is 0.441 e. The predicted octanol–water partition coefficient (Wildman–Crippen LogP) is 3.40. The van der Waals surface area contributed by atoms with Gasteiger partial charge in [-0.25, -0.2) is 0 Å². The minimum absolute atomic E-state index is 0.0534. The van der Waals surface area contributed by atoms with E-state index in [1.165, 1.54) is 12.4 Å². The third-order valence-electron chi connectivity index (χ3n) is 1.46. The van der Waals surface area contributed by atoms with Gasteiger partial charge in [0.15, 0.2) is 0 Å². The second-order valence-corrected chi connectivity index (χ2v) is 4.14. The molecule has 2 nitrogen and oxygen atoms in total. The van der Waals surface area contributed by atoms with Crippen LogP contribution in [0.4, 0.5) is 18.9 Å². The van der Waals surface area contributed by atoms with E-state index in [2.05, 4.69) is 10.3 Å². The highest BCUT2D eigenvalue weighted by Crippen LogP contribution is 2.29. The van der Waals surface area contributed by atoms with E-state index >= 15 is 0 Å². The lowest BCUT2D eigenvalue weighted by molar-refractivity contribution is -0.0327. The number of hydrogen-bond acceptors (Lipinski definition) is 3. The maximum atomic E-state index is 11.8. The van der Waals surface area contributed by atoms with Crippen molar-refractivity contribution in [2.24, 2.45) is 0 Å². The summed E-state index contributed by atoms with van der Waals surface area (Å²) in [5.74, 6) is -0.0534. The van der Waals surface area contributed by atoms with Crippen LogP contribution >= 0.6 is 23.4 Å². The van der Waals surface area contributed by atoms with Gasteiger partial charge in [0.2, 0.25) is 0 Å². The topological polar surface area (TPSA) is 24.9 Å². The molecule has 0 aliphatic carbocycles. The number of rotatable bonds is 4. The Balaban J connectivity index is 2.30. The van der Waals surface area contributed by atoms with Crippen LogP contribution in [-0.4, -0.2) is 22.8 Å². The summed E-state index contributed by atoms with van der Waals surface area (Å²) in [7, 11) is 0. The van der Waals surface area contributed by atoms with Crippen molar-refractivity contribution in [3.63, 3.8) is 0 Å². The first kappa shape index (κ1) is 12.4. The molecular weight excluding hydrogens is 249 g/mol. The molecule has 0 saturated carbocycles. The van der Waals surface area contributed by atoms with Gasteiger partial charge in [-0.1, -0.05) is 11.6 Å². The molecule has 0 bridgehead atoms. The Morgan fingerprint density at radius 2 is 2.20 bits per heavy atom. The Morgan fingerprint density at radius 1 is 1.47 bits per heavy atom. The quantitative estimate of drug-likeness (QED) is 0.836. The molecule has 7 heteroatoms. The van der Waals surface area contributed by atoms with E-state index in [1.807, 2.05) is 0 Å².